The summed E-state index contributed by atoms with van der Waals surface area (Å²) >= 11 is 0. The lowest BCUT2D eigenvalue weighted by atomic mass is 9.94. The van der Waals surface area contributed by atoms with Gasteiger partial charge in [0.25, 0.3) is 0 Å². The van der Waals surface area contributed by atoms with Crippen LogP contribution in [-0.4, -0.2) is 73.6 Å². The number of oxazole rings is 1. The van der Waals surface area contributed by atoms with Gasteiger partial charge >= 0.3 is 0 Å². The van der Waals surface area contributed by atoms with Crippen LogP contribution < -0.4 is 10.6 Å². The first-order valence-corrected chi connectivity index (χ1v) is 10.0. The SMILES string of the molecule is CN=C(NCc1ncc(C(C)(C)C)o1)NCC(C(C)C)N1CCN(C)CC1. The van der Waals surface area contributed by atoms with Gasteiger partial charge in [0.15, 0.2) is 5.96 Å². The molecule has 1 aromatic heterocycles. The van der Waals surface area contributed by atoms with Gasteiger partial charge in [-0.05, 0) is 13.0 Å². The minimum Gasteiger partial charge on any atom is -0.443 e. The fourth-order valence-electron chi connectivity index (χ4n) is 3.26. The Morgan fingerprint density at radius 1 is 1.22 bits per heavy atom. The topological polar surface area (TPSA) is 68.9 Å². The van der Waals surface area contributed by atoms with Crippen molar-refractivity contribution in [2.45, 2.75) is 52.6 Å². The van der Waals surface area contributed by atoms with Crippen molar-refractivity contribution in [1.29, 1.82) is 0 Å². The first kappa shape index (κ1) is 21.7. The maximum atomic E-state index is 5.84. The van der Waals surface area contributed by atoms with Crippen molar-refractivity contribution in [2.75, 3.05) is 46.8 Å². The van der Waals surface area contributed by atoms with Gasteiger partial charge in [-0.25, -0.2) is 4.98 Å². The monoisotopic (exact) mass is 378 g/mol. The first-order chi connectivity index (χ1) is 12.7. The van der Waals surface area contributed by atoms with Crippen LogP contribution in [-0.2, 0) is 12.0 Å². The van der Waals surface area contributed by atoms with Crippen LogP contribution in [0.15, 0.2) is 15.6 Å². The molecule has 0 aromatic carbocycles. The van der Waals surface area contributed by atoms with Crippen LogP contribution >= 0.6 is 0 Å². The predicted octanol–water partition coefficient (Wildman–Crippen LogP) is 1.91. The number of likely N-dealkylation sites (N-methyl/N-ethyl adjacent to an activating group) is 1. The second-order valence-corrected chi connectivity index (χ2v) is 8.83. The molecule has 0 radical (unpaired) electrons. The van der Waals surface area contributed by atoms with E-state index >= 15 is 0 Å². The highest BCUT2D eigenvalue weighted by atomic mass is 16.4. The van der Waals surface area contributed by atoms with Crippen LogP contribution in [0.1, 0.15) is 46.3 Å². The molecule has 154 valence electrons. The number of aromatic nitrogens is 1. The second kappa shape index (κ2) is 9.55. The Bertz CT molecular complexity index is 596. The molecule has 0 bridgehead atoms. The minimum atomic E-state index is -0.0296. The van der Waals surface area contributed by atoms with Gasteiger partial charge in [0, 0.05) is 51.2 Å². The van der Waals surface area contributed by atoms with E-state index in [-0.39, 0.29) is 5.41 Å². The fraction of sp³-hybridized carbons (Fsp3) is 0.800. The number of rotatable bonds is 6. The average Bonchev–Trinajstić information content (AvgIpc) is 3.08. The third-order valence-corrected chi connectivity index (χ3v) is 5.18. The lowest BCUT2D eigenvalue weighted by molar-refractivity contribution is 0.0900. The molecular weight excluding hydrogens is 340 g/mol. The van der Waals surface area contributed by atoms with Crippen molar-refractivity contribution in [3.63, 3.8) is 0 Å². The zero-order chi connectivity index (χ0) is 20.0. The van der Waals surface area contributed by atoms with Gasteiger partial charge in [0.2, 0.25) is 5.89 Å². The van der Waals surface area contributed by atoms with E-state index in [2.05, 4.69) is 72.1 Å². The summed E-state index contributed by atoms with van der Waals surface area (Å²) in [5.74, 6) is 2.95. The molecule has 2 heterocycles. The Labute approximate surface area is 164 Å². The van der Waals surface area contributed by atoms with E-state index in [4.69, 9.17) is 4.42 Å². The molecule has 1 aromatic rings. The predicted molar refractivity (Wildman–Crippen MR) is 111 cm³/mol. The van der Waals surface area contributed by atoms with Crippen molar-refractivity contribution in [3.8, 4) is 0 Å². The number of piperazine rings is 1. The third kappa shape index (κ3) is 6.50. The summed E-state index contributed by atoms with van der Waals surface area (Å²) in [6, 6.07) is 0.492. The molecule has 1 saturated heterocycles. The highest BCUT2D eigenvalue weighted by molar-refractivity contribution is 5.79. The molecule has 27 heavy (non-hydrogen) atoms. The Hall–Kier alpha value is -1.60. The molecule has 7 nitrogen and oxygen atoms in total. The summed E-state index contributed by atoms with van der Waals surface area (Å²) in [5.41, 5.74) is -0.0296. The van der Waals surface area contributed by atoms with Gasteiger partial charge in [0.1, 0.15) is 5.76 Å². The number of nitrogens with zero attached hydrogens (tertiary/aromatic N) is 4. The number of nitrogens with one attached hydrogen (secondary N) is 2. The molecule has 1 aliphatic heterocycles. The van der Waals surface area contributed by atoms with Crippen molar-refractivity contribution in [3.05, 3.63) is 17.8 Å². The lowest BCUT2D eigenvalue weighted by Gasteiger charge is -2.40. The van der Waals surface area contributed by atoms with Gasteiger partial charge in [-0.3, -0.25) is 9.89 Å². The highest BCUT2D eigenvalue weighted by Gasteiger charge is 2.25. The largest absolute Gasteiger partial charge is 0.443 e. The zero-order valence-electron chi connectivity index (χ0n) is 18.2. The molecule has 2 N–H and O–H groups in total. The zero-order valence-corrected chi connectivity index (χ0v) is 18.2. The Morgan fingerprint density at radius 3 is 2.41 bits per heavy atom. The first-order valence-electron chi connectivity index (χ1n) is 10.0. The van der Waals surface area contributed by atoms with Gasteiger partial charge in [-0.15, -0.1) is 0 Å². The summed E-state index contributed by atoms with van der Waals surface area (Å²) in [7, 11) is 3.99. The Kier molecular flexibility index (Phi) is 7.68. The normalized spacial score (nSPS) is 18.7. The van der Waals surface area contributed by atoms with Gasteiger partial charge in [-0.2, -0.15) is 0 Å². The quantitative estimate of drug-likeness (QED) is 0.582. The Balaban J connectivity index is 1.85. The van der Waals surface area contributed by atoms with E-state index < -0.39 is 0 Å². The summed E-state index contributed by atoms with van der Waals surface area (Å²) in [6.45, 7) is 16.9. The van der Waals surface area contributed by atoms with Crippen LogP contribution in [0.2, 0.25) is 0 Å². The minimum absolute atomic E-state index is 0.0296. The van der Waals surface area contributed by atoms with E-state index in [1.54, 1.807) is 7.05 Å². The molecule has 7 heteroatoms. The van der Waals surface area contributed by atoms with Gasteiger partial charge < -0.3 is 20.0 Å². The molecule has 0 aliphatic carbocycles. The molecule has 0 amide bonds. The van der Waals surface area contributed by atoms with Gasteiger partial charge in [0.05, 0.1) is 12.7 Å². The molecule has 2 rings (SSSR count). The average molecular weight is 379 g/mol. The van der Waals surface area contributed by atoms with Crippen LogP contribution in [0.5, 0.6) is 0 Å². The van der Waals surface area contributed by atoms with Crippen molar-refractivity contribution in [2.24, 2.45) is 10.9 Å². The number of hydrogen-bond acceptors (Lipinski definition) is 5. The summed E-state index contributed by atoms with van der Waals surface area (Å²) in [4.78, 5) is 13.7. The maximum absolute atomic E-state index is 5.84. The molecule has 1 aliphatic rings. The molecule has 1 atom stereocenters. The van der Waals surface area contributed by atoms with Gasteiger partial charge in [-0.1, -0.05) is 34.6 Å². The van der Waals surface area contributed by atoms with Crippen LogP contribution in [0, 0.1) is 5.92 Å². The molecule has 0 spiro atoms. The number of hydrogen-bond donors (Lipinski definition) is 2. The van der Waals surface area contributed by atoms with Crippen molar-refractivity contribution >= 4 is 5.96 Å². The van der Waals surface area contributed by atoms with Crippen molar-refractivity contribution < 1.29 is 4.42 Å². The van der Waals surface area contributed by atoms with E-state index in [0.717, 1.165) is 44.4 Å². The van der Waals surface area contributed by atoms with Crippen LogP contribution in [0.3, 0.4) is 0 Å². The maximum Gasteiger partial charge on any atom is 0.213 e. The second-order valence-electron chi connectivity index (χ2n) is 8.83. The lowest BCUT2D eigenvalue weighted by Crippen LogP contribution is -2.55. The van der Waals surface area contributed by atoms with E-state index in [1.807, 2.05) is 6.20 Å². The van der Waals surface area contributed by atoms with E-state index in [9.17, 15) is 0 Å². The molecular formula is C20H38N6O. The smallest absolute Gasteiger partial charge is 0.213 e. The summed E-state index contributed by atoms with van der Waals surface area (Å²) in [5, 5.41) is 6.79. The highest BCUT2D eigenvalue weighted by Crippen LogP contribution is 2.22. The Morgan fingerprint density at radius 2 is 1.89 bits per heavy atom. The molecule has 0 saturated carbocycles. The van der Waals surface area contributed by atoms with Crippen LogP contribution in [0.25, 0.3) is 0 Å². The third-order valence-electron chi connectivity index (χ3n) is 5.18. The van der Waals surface area contributed by atoms with E-state index in [0.29, 0.717) is 24.4 Å². The molecule has 1 fully saturated rings. The summed E-state index contributed by atoms with van der Waals surface area (Å²) in [6.07, 6.45) is 1.81. The number of guanidine groups is 1. The fourth-order valence-corrected chi connectivity index (χ4v) is 3.26. The summed E-state index contributed by atoms with van der Waals surface area (Å²) < 4.78 is 5.84. The van der Waals surface area contributed by atoms with E-state index in [1.165, 1.54) is 0 Å². The van der Waals surface area contributed by atoms with Crippen molar-refractivity contribution in [1.82, 2.24) is 25.4 Å². The number of aliphatic imine (C=N–C) groups is 1. The van der Waals surface area contributed by atoms with Crippen LogP contribution in [0.4, 0.5) is 0 Å². The molecule has 1 unspecified atom stereocenters. The standard InChI is InChI=1S/C20H38N6O/c1-15(2)16(26-10-8-25(7)9-11-26)12-23-19(21-6)24-14-18-22-13-17(27-18)20(3,4)5/h13,15-16H,8-12,14H2,1-7H3,(H2,21,23,24).